The molecule has 3 rings (SSSR count). The van der Waals surface area contributed by atoms with Gasteiger partial charge in [0.2, 0.25) is 4.80 Å². The fourth-order valence-electron chi connectivity index (χ4n) is 2.32. The first-order chi connectivity index (χ1) is 10.3. The normalized spacial score (nSPS) is 18.7. The van der Waals surface area contributed by atoms with Crippen molar-refractivity contribution < 1.29 is 0 Å². The summed E-state index contributed by atoms with van der Waals surface area (Å²) >= 11 is 1.60. The Hall–Kier alpha value is -2.19. The van der Waals surface area contributed by atoms with Crippen LogP contribution in [0.15, 0.2) is 41.4 Å². The number of nitrogens with zero attached hydrogens (tertiary/aromatic N) is 4. The van der Waals surface area contributed by atoms with Gasteiger partial charge in [0.15, 0.2) is 0 Å². The number of allylic oxidation sites excluding steroid dienone is 1. The molecule has 0 fully saturated rings. The van der Waals surface area contributed by atoms with Crippen LogP contribution in [0, 0.1) is 11.3 Å². The molecule has 1 aromatic carbocycles. The van der Waals surface area contributed by atoms with Crippen LogP contribution in [-0.2, 0) is 7.05 Å². The molecule has 106 valence electrons. The number of aryl methyl sites for hydroxylation is 1. The van der Waals surface area contributed by atoms with E-state index in [1.54, 1.807) is 11.3 Å². The summed E-state index contributed by atoms with van der Waals surface area (Å²) in [5, 5.41) is 14.3. The van der Waals surface area contributed by atoms with Crippen molar-refractivity contribution in [3.8, 4) is 16.6 Å². The maximum Gasteiger partial charge on any atom is 0.203 e. The van der Waals surface area contributed by atoms with Crippen LogP contribution in [0.4, 0.5) is 0 Å². The second-order valence-electron chi connectivity index (χ2n) is 5.07. The average Bonchev–Trinajstić information content (AvgIpc) is 2.89. The Balaban J connectivity index is 1.91. The molecule has 0 radical (unpaired) electrons. The molecule has 21 heavy (non-hydrogen) atoms. The van der Waals surface area contributed by atoms with Crippen LogP contribution >= 0.6 is 11.3 Å². The Labute approximate surface area is 127 Å². The van der Waals surface area contributed by atoms with Gasteiger partial charge >= 0.3 is 0 Å². The quantitative estimate of drug-likeness (QED) is 0.800. The largest absolute Gasteiger partial charge is 0.254 e. The van der Waals surface area contributed by atoms with Gasteiger partial charge in [-0.1, -0.05) is 35.6 Å². The Morgan fingerprint density at radius 1 is 1.33 bits per heavy atom. The van der Waals surface area contributed by atoms with Crippen LogP contribution in [-0.4, -0.2) is 15.8 Å². The zero-order valence-electron chi connectivity index (χ0n) is 11.9. The Kier molecular flexibility index (Phi) is 3.98. The molecule has 0 N–H and O–H groups in total. The summed E-state index contributed by atoms with van der Waals surface area (Å²) in [5.41, 5.74) is 1.69. The monoisotopic (exact) mass is 296 g/mol. The van der Waals surface area contributed by atoms with Crippen molar-refractivity contribution in [3.63, 3.8) is 0 Å². The molecular formula is C16H16N4S. The molecule has 1 aromatic heterocycles. The molecule has 4 nitrogen and oxygen atoms in total. The van der Waals surface area contributed by atoms with E-state index >= 15 is 0 Å². The molecule has 0 saturated carbocycles. The summed E-state index contributed by atoms with van der Waals surface area (Å²) in [6.45, 7) is 0. The number of benzene rings is 1. The van der Waals surface area contributed by atoms with E-state index in [-0.39, 0.29) is 0 Å². The number of aromatic nitrogens is 2. The van der Waals surface area contributed by atoms with E-state index in [2.05, 4.69) is 23.3 Å². The van der Waals surface area contributed by atoms with Crippen molar-refractivity contribution >= 4 is 11.3 Å². The van der Waals surface area contributed by atoms with Gasteiger partial charge in [0.25, 0.3) is 0 Å². The lowest BCUT2D eigenvalue weighted by molar-refractivity contribution is 0.580. The van der Waals surface area contributed by atoms with Crippen molar-refractivity contribution in [1.82, 2.24) is 9.78 Å². The molecule has 0 saturated heterocycles. The number of hydrogen-bond acceptors (Lipinski definition) is 4. The van der Waals surface area contributed by atoms with Gasteiger partial charge in [0.05, 0.1) is 17.7 Å². The van der Waals surface area contributed by atoms with Crippen LogP contribution in [0.1, 0.15) is 24.8 Å². The minimum Gasteiger partial charge on any atom is -0.254 e. The summed E-state index contributed by atoms with van der Waals surface area (Å²) in [6.07, 6.45) is 7.67. The molecule has 0 bridgehead atoms. The maximum absolute atomic E-state index is 8.84. The lowest BCUT2D eigenvalue weighted by Gasteiger charge is -2.11. The Morgan fingerprint density at radius 2 is 2.14 bits per heavy atom. The highest BCUT2D eigenvalue weighted by molar-refractivity contribution is 7.12. The lowest BCUT2D eigenvalue weighted by atomic mass is 10.0. The zero-order valence-corrected chi connectivity index (χ0v) is 12.7. The first-order valence-electron chi connectivity index (χ1n) is 7.00. The molecule has 0 spiro atoms. The van der Waals surface area contributed by atoms with Crippen LogP contribution < -0.4 is 4.80 Å². The van der Waals surface area contributed by atoms with Gasteiger partial charge in [-0.25, -0.2) is 4.68 Å². The standard InChI is InChI=1S/C16H16N4S/c1-20-16(18-14-5-3-2-4-6-14)21-15(19-20)13-9-7-12(11-17)8-10-13/h2-3,7-10,14H,4-6H2,1H3/b18-16+. The molecule has 1 aliphatic carbocycles. The molecule has 0 amide bonds. The molecule has 1 unspecified atom stereocenters. The van der Waals surface area contributed by atoms with Crippen LogP contribution in [0.25, 0.3) is 10.6 Å². The minimum absolute atomic E-state index is 0.371. The van der Waals surface area contributed by atoms with Crippen LogP contribution in [0.3, 0.4) is 0 Å². The van der Waals surface area contributed by atoms with Gasteiger partial charge in [0, 0.05) is 12.6 Å². The Bertz CT molecular complexity index is 759. The van der Waals surface area contributed by atoms with Crippen LogP contribution in [0.2, 0.25) is 0 Å². The predicted octanol–water partition coefficient (Wildman–Crippen LogP) is 3.03. The topological polar surface area (TPSA) is 54.0 Å². The molecule has 1 atom stereocenters. The average molecular weight is 296 g/mol. The van der Waals surface area contributed by atoms with Gasteiger partial charge in [0.1, 0.15) is 5.01 Å². The molecule has 1 heterocycles. The van der Waals surface area contributed by atoms with Gasteiger partial charge in [-0.3, -0.25) is 4.99 Å². The second kappa shape index (κ2) is 6.06. The maximum atomic E-state index is 8.84. The number of rotatable bonds is 2. The second-order valence-corrected chi connectivity index (χ2v) is 6.03. The molecule has 1 aliphatic rings. The molecular weight excluding hydrogens is 280 g/mol. The number of nitriles is 1. The van der Waals surface area contributed by atoms with E-state index in [4.69, 9.17) is 10.3 Å². The minimum atomic E-state index is 0.371. The summed E-state index contributed by atoms with van der Waals surface area (Å²) in [6, 6.07) is 10.0. The van der Waals surface area contributed by atoms with Gasteiger partial charge in [-0.15, -0.1) is 0 Å². The van der Waals surface area contributed by atoms with Gasteiger partial charge < -0.3 is 0 Å². The van der Waals surface area contributed by atoms with Crippen molar-refractivity contribution in [2.45, 2.75) is 25.3 Å². The third kappa shape index (κ3) is 3.11. The van der Waals surface area contributed by atoms with Crippen molar-refractivity contribution in [1.29, 1.82) is 5.26 Å². The van der Waals surface area contributed by atoms with E-state index < -0.39 is 0 Å². The fraction of sp³-hybridized carbons (Fsp3) is 0.312. The smallest absolute Gasteiger partial charge is 0.203 e. The molecule has 0 aliphatic heterocycles. The first-order valence-corrected chi connectivity index (χ1v) is 7.81. The summed E-state index contributed by atoms with van der Waals surface area (Å²) < 4.78 is 1.84. The third-order valence-corrected chi connectivity index (χ3v) is 4.56. The first kappa shape index (κ1) is 13.8. The summed E-state index contributed by atoms with van der Waals surface area (Å²) in [4.78, 5) is 5.77. The van der Waals surface area contributed by atoms with E-state index in [0.717, 1.165) is 34.6 Å². The highest BCUT2D eigenvalue weighted by Gasteiger charge is 2.10. The molecule has 5 heteroatoms. The van der Waals surface area contributed by atoms with E-state index in [0.29, 0.717) is 11.6 Å². The van der Waals surface area contributed by atoms with E-state index in [1.165, 1.54) is 0 Å². The van der Waals surface area contributed by atoms with Gasteiger partial charge in [-0.2, -0.15) is 10.4 Å². The SMILES string of the molecule is Cn1nc(-c2ccc(C#N)cc2)s/c1=N/C1CC=CCC1. The lowest BCUT2D eigenvalue weighted by Crippen LogP contribution is -2.17. The highest BCUT2D eigenvalue weighted by Crippen LogP contribution is 2.20. The van der Waals surface area contributed by atoms with Crippen molar-refractivity contribution in [2.24, 2.45) is 12.0 Å². The summed E-state index contributed by atoms with van der Waals surface area (Å²) in [7, 11) is 1.93. The van der Waals surface area contributed by atoms with Crippen molar-refractivity contribution in [2.75, 3.05) is 0 Å². The fourth-order valence-corrected chi connectivity index (χ4v) is 3.28. The number of hydrogen-bond donors (Lipinski definition) is 0. The van der Waals surface area contributed by atoms with Crippen LogP contribution in [0.5, 0.6) is 0 Å². The zero-order chi connectivity index (χ0) is 14.7. The third-order valence-electron chi connectivity index (χ3n) is 3.50. The van der Waals surface area contributed by atoms with E-state index in [9.17, 15) is 0 Å². The van der Waals surface area contributed by atoms with E-state index in [1.807, 2.05) is 36.0 Å². The predicted molar refractivity (Wildman–Crippen MR) is 83.6 cm³/mol. The van der Waals surface area contributed by atoms with Gasteiger partial charge in [-0.05, 0) is 31.4 Å². The summed E-state index contributed by atoms with van der Waals surface area (Å²) in [5.74, 6) is 0. The molecule has 2 aromatic rings. The highest BCUT2D eigenvalue weighted by atomic mass is 32.1. The van der Waals surface area contributed by atoms with Crippen molar-refractivity contribution in [3.05, 3.63) is 46.8 Å². The Morgan fingerprint density at radius 3 is 2.81 bits per heavy atom.